The SMILES string of the molecule is CSC1=NS(=O)(=O)c2ccccc2N1. The van der Waals surface area contributed by atoms with Crippen molar-refractivity contribution >= 4 is 32.6 Å². The number of thioether (sulfide) groups is 1. The van der Waals surface area contributed by atoms with Crippen LogP contribution in [0.25, 0.3) is 0 Å². The lowest BCUT2D eigenvalue weighted by atomic mass is 10.3. The van der Waals surface area contributed by atoms with E-state index in [1.54, 1.807) is 24.5 Å². The number of sulfonamides is 1. The van der Waals surface area contributed by atoms with Crippen molar-refractivity contribution in [3.05, 3.63) is 24.3 Å². The number of benzene rings is 1. The maximum atomic E-state index is 11.6. The summed E-state index contributed by atoms with van der Waals surface area (Å²) in [7, 11) is -3.50. The van der Waals surface area contributed by atoms with E-state index in [0.29, 0.717) is 10.9 Å². The van der Waals surface area contributed by atoms with Gasteiger partial charge in [-0.2, -0.15) is 8.42 Å². The van der Waals surface area contributed by atoms with E-state index in [-0.39, 0.29) is 4.90 Å². The number of hydrogen-bond donors (Lipinski definition) is 1. The fourth-order valence-corrected chi connectivity index (χ4v) is 2.99. The molecule has 14 heavy (non-hydrogen) atoms. The molecule has 1 aliphatic heterocycles. The van der Waals surface area contributed by atoms with Crippen LogP contribution in [-0.4, -0.2) is 19.8 Å². The maximum absolute atomic E-state index is 11.6. The van der Waals surface area contributed by atoms with Crippen molar-refractivity contribution < 1.29 is 8.42 Å². The normalized spacial score (nSPS) is 17.9. The molecule has 1 aromatic rings. The van der Waals surface area contributed by atoms with Crippen LogP contribution in [0.15, 0.2) is 33.6 Å². The summed E-state index contributed by atoms with van der Waals surface area (Å²) in [4.78, 5) is 0.234. The zero-order valence-corrected chi connectivity index (χ0v) is 9.02. The summed E-state index contributed by atoms with van der Waals surface area (Å²) < 4.78 is 26.8. The monoisotopic (exact) mass is 228 g/mol. The van der Waals surface area contributed by atoms with Gasteiger partial charge >= 0.3 is 0 Å². The summed E-state index contributed by atoms with van der Waals surface area (Å²) >= 11 is 1.27. The van der Waals surface area contributed by atoms with Gasteiger partial charge in [0.2, 0.25) is 0 Å². The van der Waals surface area contributed by atoms with Crippen LogP contribution in [0.4, 0.5) is 5.69 Å². The van der Waals surface area contributed by atoms with E-state index in [2.05, 4.69) is 9.71 Å². The number of amidine groups is 1. The molecule has 1 aromatic carbocycles. The molecule has 0 radical (unpaired) electrons. The average Bonchev–Trinajstić information content (AvgIpc) is 2.17. The summed E-state index contributed by atoms with van der Waals surface area (Å²) in [6.07, 6.45) is 1.77. The Kier molecular flexibility index (Phi) is 2.24. The van der Waals surface area contributed by atoms with Crippen molar-refractivity contribution in [2.24, 2.45) is 4.40 Å². The zero-order valence-electron chi connectivity index (χ0n) is 7.39. The molecule has 74 valence electrons. The highest BCUT2D eigenvalue weighted by molar-refractivity contribution is 8.14. The number of nitrogens with one attached hydrogen (secondary N) is 1. The number of nitrogens with zero attached hydrogens (tertiary/aromatic N) is 1. The summed E-state index contributed by atoms with van der Waals surface area (Å²) in [5, 5.41) is 3.34. The lowest BCUT2D eigenvalue weighted by Gasteiger charge is -2.15. The van der Waals surface area contributed by atoms with Crippen molar-refractivity contribution in [1.82, 2.24) is 0 Å². The second-order valence-corrected chi connectivity index (χ2v) is 5.06. The number of rotatable bonds is 0. The minimum absolute atomic E-state index is 0.234. The molecular weight excluding hydrogens is 220 g/mol. The van der Waals surface area contributed by atoms with Crippen LogP contribution in [0.1, 0.15) is 0 Å². The molecule has 0 spiro atoms. The molecule has 1 aliphatic rings. The molecule has 2 rings (SSSR count). The van der Waals surface area contributed by atoms with E-state index in [1.165, 1.54) is 17.8 Å². The Morgan fingerprint density at radius 2 is 2.07 bits per heavy atom. The third-order valence-corrected chi connectivity index (χ3v) is 3.83. The smallest absolute Gasteiger partial charge is 0.286 e. The van der Waals surface area contributed by atoms with Crippen molar-refractivity contribution in [3.63, 3.8) is 0 Å². The van der Waals surface area contributed by atoms with Crippen LogP contribution in [0.3, 0.4) is 0 Å². The van der Waals surface area contributed by atoms with E-state index in [0.717, 1.165) is 0 Å². The van der Waals surface area contributed by atoms with Crippen molar-refractivity contribution in [3.8, 4) is 0 Å². The zero-order chi connectivity index (χ0) is 10.2. The molecule has 1 heterocycles. The Bertz CT molecular complexity index is 494. The number of anilines is 1. The van der Waals surface area contributed by atoms with Crippen LogP contribution in [-0.2, 0) is 10.0 Å². The molecule has 0 saturated heterocycles. The van der Waals surface area contributed by atoms with Gasteiger partial charge in [-0.25, -0.2) is 0 Å². The van der Waals surface area contributed by atoms with Gasteiger partial charge in [0.25, 0.3) is 10.0 Å². The lowest BCUT2D eigenvalue weighted by molar-refractivity contribution is 0.598. The number of fused-ring (bicyclic) bond motifs is 1. The van der Waals surface area contributed by atoms with Gasteiger partial charge in [-0.05, 0) is 18.4 Å². The first kappa shape index (κ1) is 9.54. The summed E-state index contributed by atoms with van der Waals surface area (Å²) in [6, 6.07) is 6.72. The average molecular weight is 228 g/mol. The van der Waals surface area contributed by atoms with Gasteiger partial charge < -0.3 is 5.32 Å². The minimum atomic E-state index is -3.50. The van der Waals surface area contributed by atoms with Gasteiger partial charge in [0, 0.05) is 0 Å². The molecule has 1 N–H and O–H groups in total. The van der Waals surface area contributed by atoms with Gasteiger partial charge in [-0.3, -0.25) is 0 Å². The van der Waals surface area contributed by atoms with Crippen molar-refractivity contribution in [1.29, 1.82) is 0 Å². The summed E-state index contributed by atoms with van der Waals surface area (Å²) in [6.45, 7) is 0. The van der Waals surface area contributed by atoms with Crippen LogP contribution in [0.5, 0.6) is 0 Å². The Balaban J connectivity index is 2.63. The van der Waals surface area contributed by atoms with Gasteiger partial charge in [-0.1, -0.05) is 23.9 Å². The fraction of sp³-hybridized carbons (Fsp3) is 0.125. The predicted octanol–water partition coefficient (Wildman–Crippen LogP) is 1.52. The van der Waals surface area contributed by atoms with E-state index < -0.39 is 10.0 Å². The molecule has 0 fully saturated rings. The second-order valence-electron chi connectivity index (χ2n) is 2.70. The second kappa shape index (κ2) is 3.29. The van der Waals surface area contributed by atoms with Crippen LogP contribution >= 0.6 is 11.8 Å². The van der Waals surface area contributed by atoms with Gasteiger partial charge in [0.05, 0.1) is 5.69 Å². The van der Waals surface area contributed by atoms with Crippen LogP contribution in [0, 0.1) is 0 Å². The first-order chi connectivity index (χ1) is 6.63. The highest BCUT2D eigenvalue weighted by Crippen LogP contribution is 2.28. The summed E-state index contributed by atoms with van der Waals surface area (Å²) in [5.74, 6) is 0. The largest absolute Gasteiger partial charge is 0.333 e. The van der Waals surface area contributed by atoms with Gasteiger partial charge in [-0.15, -0.1) is 4.40 Å². The first-order valence-electron chi connectivity index (χ1n) is 3.88. The lowest BCUT2D eigenvalue weighted by Crippen LogP contribution is -2.18. The van der Waals surface area contributed by atoms with Crippen LogP contribution < -0.4 is 5.32 Å². The molecule has 0 unspecified atom stereocenters. The molecular formula is C8H8N2O2S2. The Morgan fingerprint density at radius 1 is 1.36 bits per heavy atom. The standard InChI is InChI=1S/C8H8N2O2S2/c1-13-8-9-6-4-2-3-5-7(6)14(11,12)10-8/h2-5H,1H3,(H,9,10). The molecule has 4 nitrogen and oxygen atoms in total. The molecule has 0 saturated carbocycles. The number of hydrogen-bond acceptors (Lipinski definition) is 4. The first-order valence-corrected chi connectivity index (χ1v) is 6.55. The Labute approximate surface area is 86.5 Å². The van der Waals surface area contributed by atoms with Gasteiger partial charge in [0.15, 0.2) is 5.17 Å². The third-order valence-electron chi connectivity index (χ3n) is 1.80. The molecule has 0 atom stereocenters. The van der Waals surface area contributed by atoms with E-state index in [9.17, 15) is 8.42 Å². The highest BCUT2D eigenvalue weighted by atomic mass is 32.2. The quantitative estimate of drug-likeness (QED) is 0.731. The van der Waals surface area contributed by atoms with E-state index in [1.807, 2.05) is 0 Å². The molecule has 6 heteroatoms. The predicted molar refractivity (Wildman–Crippen MR) is 58.2 cm³/mol. The third kappa shape index (κ3) is 1.51. The highest BCUT2D eigenvalue weighted by Gasteiger charge is 2.23. The Hall–Kier alpha value is -1.01. The van der Waals surface area contributed by atoms with Crippen molar-refractivity contribution in [2.75, 3.05) is 11.6 Å². The fourth-order valence-electron chi connectivity index (χ4n) is 1.18. The molecule has 0 aromatic heterocycles. The van der Waals surface area contributed by atoms with E-state index in [4.69, 9.17) is 0 Å². The molecule has 0 aliphatic carbocycles. The minimum Gasteiger partial charge on any atom is -0.333 e. The Morgan fingerprint density at radius 3 is 2.79 bits per heavy atom. The van der Waals surface area contributed by atoms with Crippen LogP contribution in [0.2, 0.25) is 0 Å². The molecule has 0 bridgehead atoms. The summed E-state index contributed by atoms with van der Waals surface area (Å²) in [5.41, 5.74) is 0.590. The van der Waals surface area contributed by atoms with E-state index >= 15 is 0 Å². The van der Waals surface area contributed by atoms with Crippen molar-refractivity contribution in [2.45, 2.75) is 4.90 Å². The maximum Gasteiger partial charge on any atom is 0.286 e. The topological polar surface area (TPSA) is 58.5 Å². The number of para-hydroxylation sites is 1. The van der Waals surface area contributed by atoms with Gasteiger partial charge in [0.1, 0.15) is 4.90 Å². The molecule has 0 amide bonds.